The van der Waals surface area contributed by atoms with Gasteiger partial charge in [-0.25, -0.2) is 9.97 Å². The molecule has 2 aromatic rings. The number of anilines is 1. The molecule has 5 nitrogen and oxygen atoms in total. The van der Waals surface area contributed by atoms with Crippen molar-refractivity contribution in [3.05, 3.63) is 86.2 Å². The minimum absolute atomic E-state index is 0.0264. The van der Waals surface area contributed by atoms with E-state index in [9.17, 15) is 4.79 Å². The van der Waals surface area contributed by atoms with Gasteiger partial charge in [-0.2, -0.15) is 0 Å². The third-order valence-corrected chi connectivity index (χ3v) is 5.97. The summed E-state index contributed by atoms with van der Waals surface area (Å²) >= 11 is 0. The van der Waals surface area contributed by atoms with Gasteiger partial charge in [-0.1, -0.05) is 88.3 Å². The molecule has 2 atom stereocenters. The third kappa shape index (κ3) is 7.01. The lowest BCUT2D eigenvalue weighted by Crippen LogP contribution is -2.46. The number of allylic oxidation sites excluding steroid dienone is 6. The Kier molecular flexibility index (Phi) is 9.19. The fourth-order valence-corrected chi connectivity index (χ4v) is 4.24. The summed E-state index contributed by atoms with van der Waals surface area (Å²) in [7, 11) is 0. The predicted molar refractivity (Wildman–Crippen MR) is 139 cm³/mol. The quantitative estimate of drug-likeness (QED) is 0.381. The van der Waals surface area contributed by atoms with Crippen molar-refractivity contribution in [1.82, 2.24) is 15.3 Å². The molecule has 5 heteroatoms. The standard InChI is InChI=1S/C28H34N4O/c1-4-7-14-21(13-5-2)22-17-18-24-23(19-22)20-29-28(31-24)32-26-16-12-10-8-9-11-15-25(26)30-27(33)6-3/h4-7,13-14,17-20,25-26H,1-3,8-12,15-16H2,(H,30,33)(H,29,31,32)/b14-7-,21-13+. The van der Waals surface area contributed by atoms with Crippen LogP contribution in [-0.4, -0.2) is 28.0 Å². The number of fused-ring (bicyclic) bond motifs is 1. The van der Waals surface area contributed by atoms with Crippen molar-refractivity contribution in [2.24, 2.45) is 0 Å². The zero-order chi connectivity index (χ0) is 23.5. The smallest absolute Gasteiger partial charge is 0.243 e. The van der Waals surface area contributed by atoms with E-state index in [2.05, 4.69) is 47.5 Å². The van der Waals surface area contributed by atoms with Crippen LogP contribution in [0, 0.1) is 0 Å². The maximum absolute atomic E-state index is 12.0. The van der Waals surface area contributed by atoms with Gasteiger partial charge in [0, 0.05) is 23.7 Å². The summed E-state index contributed by atoms with van der Waals surface area (Å²) in [5.74, 6) is 0.456. The zero-order valence-corrected chi connectivity index (χ0v) is 19.3. The van der Waals surface area contributed by atoms with Crippen LogP contribution < -0.4 is 10.6 Å². The van der Waals surface area contributed by atoms with E-state index >= 15 is 0 Å². The minimum atomic E-state index is -0.133. The Labute approximate surface area is 197 Å². The summed E-state index contributed by atoms with van der Waals surface area (Å²) in [5, 5.41) is 7.60. The first-order chi connectivity index (χ1) is 16.1. The molecule has 0 spiro atoms. The van der Waals surface area contributed by atoms with Gasteiger partial charge in [0.25, 0.3) is 0 Å². The fourth-order valence-electron chi connectivity index (χ4n) is 4.24. The molecule has 1 aliphatic rings. The van der Waals surface area contributed by atoms with Gasteiger partial charge in [-0.05, 0) is 42.2 Å². The van der Waals surface area contributed by atoms with E-state index in [1.165, 1.54) is 25.3 Å². The topological polar surface area (TPSA) is 66.9 Å². The van der Waals surface area contributed by atoms with E-state index in [4.69, 9.17) is 4.98 Å². The van der Waals surface area contributed by atoms with Crippen molar-refractivity contribution in [3.63, 3.8) is 0 Å². The highest BCUT2D eigenvalue weighted by atomic mass is 16.1. The van der Waals surface area contributed by atoms with Gasteiger partial charge in [0.2, 0.25) is 11.9 Å². The SMILES string of the molecule is C=C/C=C\C(=C/C=C)c1ccc2nc(NC3CCCCCCCC3NC(=O)C=C)ncc2c1. The number of amides is 1. The third-order valence-electron chi connectivity index (χ3n) is 5.97. The lowest BCUT2D eigenvalue weighted by atomic mass is 9.99. The summed E-state index contributed by atoms with van der Waals surface area (Å²) in [6.45, 7) is 11.2. The number of hydrogen-bond donors (Lipinski definition) is 2. The Morgan fingerprint density at radius 2 is 1.76 bits per heavy atom. The second kappa shape index (κ2) is 12.5. The van der Waals surface area contributed by atoms with Crippen LogP contribution >= 0.6 is 0 Å². The molecule has 0 aliphatic heterocycles. The molecule has 1 amide bonds. The van der Waals surface area contributed by atoms with Gasteiger partial charge in [0.05, 0.1) is 5.52 Å². The van der Waals surface area contributed by atoms with Crippen molar-refractivity contribution in [2.45, 2.75) is 57.0 Å². The maximum Gasteiger partial charge on any atom is 0.243 e. The molecule has 1 aromatic heterocycles. The Morgan fingerprint density at radius 1 is 1.00 bits per heavy atom. The Bertz CT molecular complexity index is 1050. The second-order valence-corrected chi connectivity index (χ2v) is 8.33. The molecule has 1 heterocycles. The van der Waals surface area contributed by atoms with E-state index in [0.29, 0.717) is 5.95 Å². The minimum Gasteiger partial charge on any atom is -0.349 e. The van der Waals surface area contributed by atoms with Crippen molar-refractivity contribution < 1.29 is 4.79 Å². The molecular weight excluding hydrogens is 408 g/mol. The van der Waals surface area contributed by atoms with Crippen molar-refractivity contribution >= 4 is 28.3 Å². The summed E-state index contributed by atoms with van der Waals surface area (Å²) in [4.78, 5) is 21.4. The first-order valence-electron chi connectivity index (χ1n) is 11.7. The number of hydrogen-bond acceptors (Lipinski definition) is 4. The highest BCUT2D eigenvalue weighted by Crippen LogP contribution is 2.24. The lowest BCUT2D eigenvalue weighted by Gasteiger charge is -2.28. The summed E-state index contributed by atoms with van der Waals surface area (Å²) in [6, 6.07) is 6.24. The molecule has 33 heavy (non-hydrogen) atoms. The first kappa shape index (κ1) is 24.2. The van der Waals surface area contributed by atoms with Crippen LogP contribution in [0.5, 0.6) is 0 Å². The molecular formula is C28H34N4O. The number of carbonyl (C=O) groups is 1. The van der Waals surface area contributed by atoms with Crippen LogP contribution in [0.2, 0.25) is 0 Å². The fraction of sp³-hybridized carbons (Fsp3) is 0.321. The average Bonchev–Trinajstić information content (AvgIpc) is 2.94. The molecule has 3 rings (SSSR count). The summed E-state index contributed by atoms with van der Waals surface area (Å²) in [6.07, 6.45) is 20.4. The average molecular weight is 443 g/mol. The van der Waals surface area contributed by atoms with Gasteiger partial charge in [0.1, 0.15) is 0 Å². The summed E-state index contributed by atoms with van der Waals surface area (Å²) in [5.41, 5.74) is 2.98. The molecule has 172 valence electrons. The van der Waals surface area contributed by atoms with Crippen LogP contribution in [0.3, 0.4) is 0 Å². The van der Waals surface area contributed by atoms with Crippen LogP contribution in [0.25, 0.3) is 16.5 Å². The van der Waals surface area contributed by atoms with Gasteiger partial charge >= 0.3 is 0 Å². The van der Waals surface area contributed by atoms with E-state index in [0.717, 1.165) is 47.7 Å². The number of aromatic nitrogens is 2. The number of rotatable bonds is 8. The second-order valence-electron chi connectivity index (χ2n) is 8.33. The molecule has 1 aliphatic carbocycles. The van der Waals surface area contributed by atoms with Crippen LogP contribution in [-0.2, 0) is 4.79 Å². The zero-order valence-electron chi connectivity index (χ0n) is 19.3. The number of nitrogens with zero attached hydrogens (tertiary/aromatic N) is 2. The molecule has 0 radical (unpaired) electrons. The van der Waals surface area contributed by atoms with Gasteiger partial charge < -0.3 is 10.6 Å². The maximum atomic E-state index is 12.0. The van der Waals surface area contributed by atoms with Crippen LogP contribution in [0.1, 0.15) is 50.5 Å². The Balaban J connectivity index is 1.84. The van der Waals surface area contributed by atoms with E-state index < -0.39 is 0 Å². The Morgan fingerprint density at radius 3 is 2.48 bits per heavy atom. The summed E-state index contributed by atoms with van der Waals surface area (Å²) < 4.78 is 0. The number of nitrogens with one attached hydrogen (secondary N) is 2. The lowest BCUT2D eigenvalue weighted by molar-refractivity contribution is -0.117. The number of carbonyl (C=O) groups excluding carboxylic acids is 1. The highest BCUT2D eigenvalue weighted by molar-refractivity contribution is 5.87. The van der Waals surface area contributed by atoms with Gasteiger partial charge in [0.15, 0.2) is 0 Å². The highest BCUT2D eigenvalue weighted by Gasteiger charge is 2.24. The van der Waals surface area contributed by atoms with Crippen molar-refractivity contribution in [3.8, 4) is 0 Å². The molecule has 1 aromatic carbocycles. The van der Waals surface area contributed by atoms with Crippen molar-refractivity contribution in [1.29, 1.82) is 0 Å². The largest absolute Gasteiger partial charge is 0.349 e. The van der Waals surface area contributed by atoms with Gasteiger partial charge in [-0.3, -0.25) is 4.79 Å². The molecule has 2 N–H and O–H groups in total. The molecule has 0 bridgehead atoms. The van der Waals surface area contributed by atoms with E-state index in [1.807, 2.05) is 30.5 Å². The first-order valence-corrected chi connectivity index (χ1v) is 11.7. The normalized spacial score (nSPS) is 19.8. The Hall–Kier alpha value is -3.47. The monoisotopic (exact) mass is 442 g/mol. The number of benzene rings is 1. The van der Waals surface area contributed by atoms with E-state index in [-0.39, 0.29) is 18.0 Å². The van der Waals surface area contributed by atoms with Crippen LogP contribution in [0.4, 0.5) is 5.95 Å². The van der Waals surface area contributed by atoms with E-state index in [1.54, 1.807) is 12.2 Å². The van der Waals surface area contributed by atoms with Crippen molar-refractivity contribution in [2.75, 3.05) is 5.32 Å². The molecule has 1 fully saturated rings. The molecule has 1 saturated carbocycles. The molecule has 2 unspecified atom stereocenters. The van der Waals surface area contributed by atoms with Gasteiger partial charge in [-0.15, -0.1) is 0 Å². The predicted octanol–water partition coefficient (Wildman–Crippen LogP) is 6.14. The van der Waals surface area contributed by atoms with Crippen LogP contribution in [0.15, 0.2) is 80.6 Å². The molecule has 0 saturated heterocycles.